The highest BCUT2D eigenvalue weighted by molar-refractivity contribution is 8.00. The SMILES string of the molecule is O=C(COC(=O)CSc1ccccc1)NCCSCc1ccccc1. The zero-order valence-electron chi connectivity index (χ0n) is 13.9. The van der Waals surface area contributed by atoms with E-state index in [1.807, 2.05) is 48.5 Å². The van der Waals surface area contributed by atoms with Gasteiger partial charge in [-0.15, -0.1) is 11.8 Å². The molecule has 0 aliphatic carbocycles. The zero-order chi connectivity index (χ0) is 17.7. The van der Waals surface area contributed by atoms with Crippen LogP contribution in [0.15, 0.2) is 65.6 Å². The number of hydrogen-bond donors (Lipinski definition) is 1. The van der Waals surface area contributed by atoms with Crippen molar-refractivity contribution in [2.24, 2.45) is 0 Å². The highest BCUT2D eigenvalue weighted by Gasteiger charge is 2.07. The highest BCUT2D eigenvalue weighted by atomic mass is 32.2. The Morgan fingerprint density at radius 3 is 2.36 bits per heavy atom. The van der Waals surface area contributed by atoms with E-state index in [0.717, 1.165) is 16.4 Å². The Kier molecular flexibility index (Phi) is 9.01. The maximum Gasteiger partial charge on any atom is 0.316 e. The smallest absolute Gasteiger partial charge is 0.316 e. The predicted molar refractivity (Wildman–Crippen MR) is 104 cm³/mol. The lowest BCUT2D eigenvalue weighted by Gasteiger charge is -2.07. The molecule has 0 saturated heterocycles. The standard InChI is InChI=1S/C19H21NO3S2/c21-18(20-11-12-24-14-16-7-3-1-4-8-16)13-23-19(22)15-25-17-9-5-2-6-10-17/h1-10H,11-15H2,(H,20,21). The molecular formula is C19H21NO3S2. The van der Waals surface area contributed by atoms with E-state index in [9.17, 15) is 9.59 Å². The molecule has 0 unspecified atom stereocenters. The minimum Gasteiger partial charge on any atom is -0.455 e. The normalized spacial score (nSPS) is 10.2. The fourth-order valence-electron chi connectivity index (χ4n) is 1.92. The van der Waals surface area contributed by atoms with E-state index < -0.39 is 0 Å². The van der Waals surface area contributed by atoms with Crippen molar-refractivity contribution >= 4 is 35.4 Å². The zero-order valence-corrected chi connectivity index (χ0v) is 15.5. The van der Waals surface area contributed by atoms with E-state index in [2.05, 4.69) is 17.4 Å². The molecule has 0 saturated carbocycles. The van der Waals surface area contributed by atoms with Gasteiger partial charge in [0.1, 0.15) is 0 Å². The summed E-state index contributed by atoms with van der Waals surface area (Å²) in [5.74, 6) is 1.28. The number of thioether (sulfide) groups is 2. The second-order valence-electron chi connectivity index (χ2n) is 5.15. The Bertz CT molecular complexity index is 650. The first kappa shape index (κ1) is 19.4. The van der Waals surface area contributed by atoms with Gasteiger partial charge in [-0.3, -0.25) is 9.59 Å². The lowest BCUT2D eigenvalue weighted by molar-refractivity contribution is -0.145. The average Bonchev–Trinajstić information content (AvgIpc) is 2.66. The van der Waals surface area contributed by atoms with Gasteiger partial charge in [0.2, 0.25) is 0 Å². The van der Waals surface area contributed by atoms with E-state index in [4.69, 9.17) is 4.74 Å². The van der Waals surface area contributed by atoms with Crippen LogP contribution >= 0.6 is 23.5 Å². The van der Waals surface area contributed by atoms with Crippen LogP contribution < -0.4 is 5.32 Å². The fraction of sp³-hybridized carbons (Fsp3) is 0.263. The van der Waals surface area contributed by atoms with Gasteiger partial charge in [0.15, 0.2) is 6.61 Å². The molecule has 0 aliphatic heterocycles. The number of rotatable bonds is 10. The minimum atomic E-state index is -0.387. The van der Waals surface area contributed by atoms with Crippen LogP contribution in [0, 0.1) is 0 Å². The number of amides is 1. The van der Waals surface area contributed by atoms with Crippen LogP contribution in [-0.4, -0.2) is 36.5 Å². The van der Waals surface area contributed by atoms with Crippen molar-refractivity contribution in [1.82, 2.24) is 5.32 Å². The summed E-state index contributed by atoms with van der Waals surface area (Å²) in [6, 6.07) is 19.8. The van der Waals surface area contributed by atoms with Crippen molar-refractivity contribution < 1.29 is 14.3 Å². The lowest BCUT2D eigenvalue weighted by atomic mass is 10.2. The first-order valence-corrected chi connectivity index (χ1v) is 10.1. The summed E-state index contributed by atoms with van der Waals surface area (Å²) in [7, 11) is 0. The Morgan fingerprint density at radius 1 is 0.960 bits per heavy atom. The van der Waals surface area contributed by atoms with Crippen molar-refractivity contribution in [3.8, 4) is 0 Å². The maximum atomic E-state index is 11.7. The van der Waals surface area contributed by atoms with Crippen molar-refractivity contribution in [2.45, 2.75) is 10.6 Å². The van der Waals surface area contributed by atoms with E-state index >= 15 is 0 Å². The molecule has 2 aromatic carbocycles. The molecule has 6 heteroatoms. The summed E-state index contributed by atoms with van der Waals surface area (Å²) in [6.45, 7) is 0.337. The monoisotopic (exact) mass is 375 g/mol. The molecule has 0 radical (unpaired) electrons. The van der Waals surface area contributed by atoms with Gasteiger partial charge in [0.05, 0.1) is 5.75 Å². The molecule has 0 atom stereocenters. The van der Waals surface area contributed by atoms with E-state index in [1.54, 1.807) is 11.8 Å². The molecule has 0 aliphatic rings. The van der Waals surface area contributed by atoms with Gasteiger partial charge >= 0.3 is 5.97 Å². The molecular weight excluding hydrogens is 354 g/mol. The van der Waals surface area contributed by atoms with E-state index in [-0.39, 0.29) is 24.2 Å². The molecule has 2 aromatic rings. The quantitative estimate of drug-likeness (QED) is 0.392. The number of esters is 1. The molecule has 0 bridgehead atoms. The molecule has 0 aromatic heterocycles. The minimum absolute atomic E-state index is 0.199. The number of benzene rings is 2. The molecule has 0 fully saturated rings. The van der Waals surface area contributed by atoms with Crippen molar-refractivity contribution in [3.63, 3.8) is 0 Å². The number of carbonyl (C=O) groups is 2. The van der Waals surface area contributed by atoms with Crippen molar-refractivity contribution in [3.05, 3.63) is 66.2 Å². The predicted octanol–water partition coefficient (Wildman–Crippen LogP) is 3.37. The van der Waals surface area contributed by atoms with E-state index in [0.29, 0.717) is 6.54 Å². The Morgan fingerprint density at radius 2 is 1.64 bits per heavy atom. The Labute approximate surface area is 156 Å². The first-order chi connectivity index (χ1) is 12.2. The van der Waals surface area contributed by atoms with Crippen LogP contribution in [-0.2, 0) is 20.1 Å². The van der Waals surface area contributed by atoms with Gasteiger partial charge in [0, 0.05) is 22.9 Å². The van der Waals surface area contributed by atoms with Crippen LogP contribution in [0.1, 0.15) is 5.56 Å². The molecule has 1 N–H and O–H groups in total. The number of hydrogen-bond acceptors (Lipinski definition) is 5. The molecule has 25 heavy (non-hydrogen) atoms. The summed E-state index contributed by atoms with van der Waals surface area (Å²) in [4.78, 5) is 24.3. The van der Waals surface area contributed by atoms with Crippen LogP contribution in [0.5, 0.6) is 0 Å². The van der Waals surface area contributed by atoms with Gasteiger partial charge < -0.3 is 10.1 Å². The molecule has 0 heterocycles. The second-order valence-corrected chi connectivity index (χ2v) is 7.30. The van der Waals surface area contributed by atoms with Gasteiger partial charge in [0.25, 0.3) is 5.91 Å². The van der Waals surface area contributed by atoms with Gasteiger partial charge in [-0.1, -0.05) is 48.5 Å². The third-order valence-corrected chi connectivity index (χ3v) is 5.16. The largest absolute Gasteiger partial charge is 0.455 e. The third-order valence-electron chi connectivity index (χ3n) is 3.14. The van der Waals surface area contributed by atoms with Crippen molar-refractivity contribution in [2.75, 3.05) is 24.7 Å². The summed E-state index contributed by atoms with van der Waals surface area (Å²) >= 11 is 3.15. The van der Waals surface area contributed by atoms with Gasteiger partial charge in [-0.25, -0.2) is 0 Å². The van der Waals surface area contributed by atoms with Crippen LogP contribution in [0.25, 0.3) is 0 Å². The summed E-state index contributed by atoms with van der Waals surface area (Å²) in [5.41, 5.74) is 1.27. The lowest BCUT2D eigenvalue weighted by Crippen LogP contribution is -2.30. The highest BCUT2D eigenvalue weighted by Crippen LogP contribution is 2.16. The molecule has 4 nitrogen and oxygen atoms in total. The number of carbonyl (C=O) groups excluding carboxylic acids is 2. The molecule has 132 valence electrons. The van der Waals surface area contributed by atoms with Gasteiger partial charge in [-0.05, 0) is 17.7 Å². The topological polar surface area (TPSA) is 55.4 Å². The second kappa shape index (κ2) is 11.6. The molecule has 0 spiro atoms. The van der Waals surface area contributed by atoms with Crippen molar-refractivity contribution in [1.29, 1.82) is 0 Å². The Hall–Kier alpha value is -1.92. The number of ether oxygens (including phenoxy) is 1. The van der Waals surface area contributed by atoms with Crippen LogP contribution in [0.4, 0.5) is 0 Å². The summed E-state index contributed by atoms with van der Waals surface area (Å²) in [5, 5.41) is 2.75. The molecule has 2 rings (SSSR count). The third kappa shape index (κ3) is 8.65. The molecule has 1 amide bonds. The van der Waals surface area contributed by atoms with Crippen LogP contribution in [0.2, 0.25) is 0 Å². The number of nitrogens with one attached hydrogen (secondary N) is 1. The Balaban J connectivity index is 1.49. The summed E-state index contributed by atoms with van der Waals surface area (Å²) < 4.78 is 4.97. The van der Waals surface area contributed by atoms with E-state index in [1.165, 1.54) is 17.3 Å². The summed E-state index contributed by atoms with van der Waals surface area (Å²) in [6.07, 6.45) is 0. The fourth-order valence-corrected chi connectivity index (χ4v) is 3.46. The average molecular weight is 376 g/mol. The van der Waals surface area contributed by atoms with Gasteiger partial charge in [-0.2, -0.15) is 11.8 Å². The van der Waals surface area contributed by atoms with Crippen LogP contribution in [0.3, 0.4) is 0 Å². The maximum absolute atomic E-state index is 11.7. The first-order valence-electron chi connectivity index (χ1n) is 7.96.